The van der Waals surface area contributed by atoms with Crippen LogP contribution in [-0.4, -0.2) is 34.3 Å². The number of anilines is 1. The third-order valence-corrected chi connectivity index (χ3v) is 4.65. The van der Waals surface area contributed by atoms with E-state index in [-0.39, 0.29) is 11.7 Å². The van der Waals surface area contributed by atoms with Crippen molar-refractivity contribution in [3.63, 3.8) is 0 Å². The molecule has 0 unspecified atom stereocenters. The first-order valence-electron chi connectivity index (χ1n) is 9.10. The first-order chi connectivity index (χ1) is 14.6. The van der Waals surface area contributed by atoms with Crippen LogP contribution in [0.3, 0.4) is 0 Å². The first kappa shape index (κ1) is 19.2. The molecule has 1 amide bonds. The van der Waals surface area contributed by atoms with Gasteiger partial charge in [-0.1, -0.05) is 23.4 Å². The van der Waals surface area contributed by atoms with Gasteiger partial charge >= 0.3 is 5.76 Å². The number of ether oxygens (including phenoxy) is 1. The van der Waals surface area contributed by atoms with Gasteiger partial charge in [-0.3, -0.25) is 14.3 Å². The van der Waals surface area contributed by atoms with Crippen molar-refractivity contribution in [3.8, 4) is 17.5 Å². The zero-order valence-electron chi connectivity index (χ0n) is 16.0. The van der Waals surface area contributed by atoms with Crippen LogP contribution in [-0.2, 0) is 11.3 Å². The molecule has 0 atom stereocenters. The summed E-state index contributed by atoms with van der Waals surface area (Å²) in [7, 11) is 1.60. The van der Waals surface area contributed by atoms with Gasteiger partial charge in [0.15, 0.2) is 5.82 Å². The highest BCUT2D eigenvalue weighted by atomic mass is 16.5. The van der Waals surface area contributed by atoms with Crippen LogP contribution in [0.2, 0.25) is 0 Å². The third kappa shape index (κ3) is 3.59. The van der Waals surface area contributed by atoms with E-state index in [9.17, 15) is 14.9 Å². The minimum atomic E-state index is -0.732. The molecule has 150 valence electrons. The SMILES string of the molecule is COCCn1c(C(=O)Nc2ccc(C#N)cc2-c2noc(=O)[nH]2)cc2ccccc21. The number of aromatic nitrogens is 3. The maximum Gasteiger partial charge on any atom is 0.439 e. The Morgan fingerprint density at radius 2 is 2.13 bits per heavy atom. The van der Waals surface area contributed by atoms with Gasteiger partial charge in [0.05, 0.1) is 23.9 Å². The fourth-order valence-corrected chi connectivity index (χ4v) is 3.27. The Morgan fingerprint density at radius 3 is 2.87 bits per heavy atom. The lowest BCUT2D eigenvalue weighted by atomic mass is 10.1. The van der Waals surface area contributed by atoms with Crippen LogP contribution in [0.5, 0.6) is 0 Å². The predicted octanol–water partition coefficient (Wildman–Crippen LogP) is 2.75. The minimum absolute atomic E-state index is 0.118. The number of hydrogen-bond donors (Lipinski definition) is 2. The summed E-state index contributed by atoms with van der Waals surface area (Å²) in [5, 5.41) is 16.6. The molecule has 2 heterocycles. The van der Waals surface area contributed by atoms with E-state index in [1.54, 1.807) is 19.2 Å². The molecule has 2 aromatic heterocycles. The molecule has 2 aromatic carbocycles. The van der Waals surface area contributed by atoms with Gasteiger partial charge < -0.3 is 14.6 Å². The van der Waals surface area contributed by atoms with Crippen LogP contribution < -0.4 is 11.1 Å². The fourth-order valence-electron chi connectivity index (χ4n) is 3.27. The van der Waals surface area contributed by atoms with Gasteiger partial charge in [0, 0.05) is 30.1 Å². The highest BCUT2D eigenvalue weighted by Gasteiger charge is 2.19. The molecule has 0 spiro atoms. The molecule has 0 bridgehead atoms. The van der Waals surface area contributed by atoms with E-state index in [2.05, 4.69) is 20.0 Å². The van der Waals surface area contributed by atoms with Gasteiger partial charge in [0.25, 0.3) is 5.91 Å². The Bertz CT molecular complexity index is 1330. The molecule has 4 aromatic rings. The number of benzene rings is 2. The Labute approximate surface area is 170 Å². The number of nitriles is 1. The van der Waals surface area contributed by atoms with Gasteiger partial charge in [-0.05, 0) is 30.3 Å². The monoisotopic (exact) mass is 403 g/mol. The summed E-state index contributed by atoms with van der Waals surface area (Å²) >= 11 is 0. The van der Waals surface area contributed by atoms with Crippen molar-refractivity contribution in [3.05, 3.63) is 70.3 Å². The van der Waals surface area contributed by atoms with Crippen molar-refractivity contribution < 1.29 is 14.1 Å². The van der Waals surface area contributed by atoms with E-state index >= 15 is 0 Å². The number of amides is 1. The van der Waals surface area contributed by atoms with Gasteiger partial charge in [-0.25, -0.2) is 4.79 Å². The lowest BCUT2D eigenvalue weighted by Crippen LogP contribution is -2.19. The number of carbonyl (C=O) groups excluding carboxylic acids is 1. The largest absolute Gasteiger partial charge is 0.439 e. The average molecular weight is 403 g/mol. The molecule has 0 saturated carbocycles. The average Bonchev–Trinajstić information content (AvgIpc) is 3.36. The number of para-hydroxylation sites is 1. The highest BCUT2D eigenvalue weighted by Crippen LogP contribution is 2.27. The molecule has 0 aliphatic carbocycles. The van der Waals surface area contributed by atoms with Crippen LogP contribution in [0.1, 0.15) is 16.1 Å². The summed E-state index contributed by atoms with van der Waals surface area (Å²) in [5.41, 5.74) is 2.47. The molecule has 0 aliphatic rings. The van der Waals surface area contributed by atoms with E-state index in [0.717, 1.165) is 10.9 Å². The molecule has 4 rings (SSSR count). The van der Waals surface area contributed by atoms with E-state index in [4.69, 9.17) is 4.74 Å². The van der Waals surface area contributed by atoms with Crippen molar-refractivity contribution in [2.75, 3.05) is 19.0 Å². The number of rotatable bonds is 6. The van der Waals surface area contributed by atoms with Crippen molar-refractivity contribution in [2.24, 2.45) is 0 Å². The summed E-state index contributed by atoms with van der Waals surface area (Å²) in [6.45, 7) is 0.949. The number of fused-ring (bicyclic) bond motifs is 1. The molecule has 30 heavy (non-hydrogen) atoms. The molecular weight excluding hydrogens is 386 g/mol. The maximum absolute atomic E-state index is 13.2. The third-order valence-electron chi connectivity index (χ3n) is 4.65. The van der Waals surface area contributed by atoms with Crippen LogP contribution >= 0.6 is 0 Å². The number of H-pyrrole nitrogens is 1. The number of methoxy groups -OCH3 is 1. The molecule has 0 aliphatic heterocycles. The minimum Gasteiger partial charge on any atom is -0.383 e. The summed E-state index contributed by atoms with van der Waals surface area (Å²) < 4.78 is 11.6. The second-order valence-electron chi connectivity index (χ2n) is 6.50. The number of nitrogens with one attached hydrogen (secondary N) is 2. The Hall–Kier alpha value is -4.16. The lowest BCUT2D eigenvalue weighted by molar-refractivity contribution is 0.101. The number of carbonyl (C=O) groups is 1. The van der Waals surface area contributed by atoms with Crippen molar-refractivity contribution in [2.45, 2.75) is 6.54 Å². The Balaban J connectivity index is 1.75. The predicted molar refractivity (Wildman–Crippen MR) is 109 cm³/mol. The maximum atomic E-state index is 13.2. The number of nitrogens with zero attached hydrogens (tertiary/aromatic N) is 3. The molecule has 0 saturated heterocycles. The molecule has 2 N–H and O–H groups in total. The topological polar surface area (TPSA) is 126 Å². The van der Waals surface area contributed by atoms with Gasteiger partial charge in [0.2, 0.25) is 0 Å². The standard InChI is InChI=1S/C21H17N5O4/c1-29-9-8-26-17-5-3-2-4-14(17)11-18(26)20(27)23-16-7-6-13(12-22)10-15(16)19-24-21(28)30-25-19/h2-7,10-11H,8-9H2,1H3,(H,23,27)(H,24,25,28). The smallest absolute Gasteiger partial charge is 0.383 e. The Morgan fingerprint density at radius 1 is 1.30 bits per heavy atom. The quantitative estimate of drug-likeness (QED) is 0.510. The lowest BCUT2D eigenvalue weighted by Gasteiger charge is -2.12. The van der Waals surface area contributed by atoms with E-state index in [1.807, 2.05) is 41.0 Å². The normalized spacial score (nSPS) is 10.8. The zero-order chi connectivity index (χ0) is 21.1. The summed E-state index contributed by atoms with van der Waals surface area (Å²) in [6, 6.07) is 16.2. The molecule has 0 fully saturated rings. The van der Waals surface area contributed by atoms with E-state index in [0.29, 0.717) is 35.7 Å². The highest BCUT2D eigenvalue weighted by molar-refractivity contribution is 6.08. The molecular formula is C21H17N5O4. The van der Waals surface area contributed by atoms with Crippen molar-refractivity contribution in [1.29, 1.82) is 5.26 Å². The van der Waals surface area contributed by atoms with Crippen molar-refractivity contribution >= 4 is 22.5 Å². The van der Waals surface area contributed by atoms with Gasteiger partial charge in [0.1, 0.15) is 5.69 Å². The molecule has 9 nitrogen and oxygen atoms in total. The van der Waals surface area contributed by atoms with Crippen LogP contribution in [0, 0.1) is 11.3 Å². The van der Waals surface area contributed by atoms with E-state index in [1.165, 1.54) is 6.07 Å². The zero-order valence-corrected chi connectivity index (χ0v) is 16.0. The fraction of sp³-hybridized carbons (Fsp3) is 0.143. The van der Waals surface area contributed by atoms with Gasteiger partial charge in [-0.2, -0.15) is 5.26 Å². The van der Waals surface area contributed by atoms with Crippen LogP contribution in [0.4, 0.5) is 5.69 Å². The molecule has 9 heteroatoms. The van der Waals surface area contributed by atoms with Gasteiger partial charge in [-0.15, -0.1) is 0 Å². The number of aromatic amines is 1. The van der Waals surface area contributed by atoms with Crippen LogP contribution in [0.25, 0.3) is 22.3 Å². The first-order valence-corrected chi connectivity index (χ1v) is 9.10. The summed E-state index contributed by atoms with van der Waals surface area (Å²) in [6.07, 6.45) is 0. The van der Waals surface area contributed by atoms with Crippen LogP contribution in [0.15, 0.2) is 57.8 Å². The second-order valence-corrected chi connectivity index (χ2v) is 6.50. The van der Waals surface area contributed by atoms with Crippen molar-refractivity contribution in [1.82, 2.24) is 14.7 Å². The number of hydrogen-bond acceptors (Lipinski definition) is 6. The summed E-state index contributed by atoms with van der Waals surface area (Å²) in [5.74, 6) is -0.962. The summed E-state index contributed by atoms with van der Waals surface area (Å²) in [4.78, 5) is 27.0. The van der Waals surface area contributed by atoms with E-state index < -0.39 is 5.76 Å². The second kappa shape index (κ2) is 8.06. The Kier molecular flexibility index (Phi) is 5.15. The molecule has 0 radical (unpaired) electrons.